The van der Waals surface area contributed by atoms with Crippen molar-refractivity contribution in [1.82, 2.24) is 5.32 Å². The maximum absolute atomic E-state index is 11.0. The zero-order valence-electron chi connectivity index (χ0n) is 18.6. The molecule has 1 heterocycles. The number of ether oxygens (including phenoxy) is 3. The van der Waals surface area contributed by atoms with Gasteiger partial charge in [-0.2, -0.15) is 0 Å². The third-order valence-electron chi connectivity index (χ3n) is 6.10. The van der Waals surface area contributed by atoms with E-state index in [0.717, 1.165) is 17.1 Å². The van der Waals surface area contributed by atoms with Crippen LogP contribution < -0.4 is 14.8 Å². The lowest BCUT2D eigenvalue weighted by Gasteiger charge is -2.38. The molecule has 168 valence electrons. The van der Waals surface area contributed by atoms with Gasteiger partial charge in [0.25, 0.3) is 0 Å². The Balaban J connectivity index is 1.44. The van der Waals surface area contributed by atoms with Gasteiger partial charge in [-0.15, -0.1) is 0 Å². The monoisotopic (exact) mass is 433 g/mol. The summed E-state index contributed by atoms with van der Waals surface area (Å²) in [6, 6.07) is 26.4. The number of hydrogen-bond acceptors (Lipinski definition) is 5. The Morgan fingerprint density at radius 3 is 1.97 bits per heavy atom. The molecule has 5 heteroatoms. The van der Waals surface area contributed by atoms with E-state index in [4.69, 9.17) is 14.2 Å². The van der Waals surface area contributed by atoms with Gasteiger partial charge in [0.2, 0.25) is 0 Å². The predicted molar refractivity (Wildman–Crippen MR) is 125 cm³/mol. The zero-order chi connectivity index (χ0) is 22.3. The van der Waals surface area contributed by atoms with Crippen molar-refractivity contribution < 1.29 is 19.3 Å². The molecular weight excluding hydrogens is 402 g/mol. The minimum atomic E-state index is -0.504. The van der Waals surface area contributed by atoms with Gasteiger partial charge in [0, 0.05) is 24.9 Å². The van der Waals surface area contributed by atoms with Crippen molar-refractivity contribution in [1.29, 1.82) is 0 Å². The third kappa shape index (κ3) is 5.30. The Morgan fingerprint density at radius 2 is 1.47 bits per heavy atom. The number of aliphatic hydroxyl groups excluding tert-OH is 1. The van der Waals surface area contributed by atoms with Crippen molar-refractivity contribution in [2.24, 2.45) is 0 Å². The first-order chi connectivity index (χ1) is 15.7. The molecule has 2 N–H and O–H groups in total. The van der Waals surface area contributed by atoms with Crippen LogP contribution in [0.3, 0.4) is 0 Å². The van der Waals surface area contributed by atoms with Crippen LogP contribution in [0.4, 0.5) is 0 Å². The topological polar surface area (TPSA) is 60.0 Å². The Kier molecular flexibility index (Phi) is 7.43. The summed E-state index contributed by atoms with van der Waals surface area (Å²) >= 11 is 0. The maximum Gasteiger partial charge on any atom is 0.122 e. The van der Waals surface area contributed by atoms with Gasteiger partial charge in [0.05, 0.1) is 39.1 Å². The van der Waals surface area contributed by atoms with E-state index >= 15 is 0 Å². The van der Waals surface area contributed by atoms with E-state index < -0.39 is 6.10 Å². The highest BCUT2D eigenvalue weighted by atomic mass is 16.5. The first kappa shape index (κ1) is 22.3. The van der Waals surface area contributed by atoms with Gasteiger partial charge in [-0.3, -0.25) is 0 Å². The van der Waals surface area contributed by atoms with Gasteiger partial charge in [-0.1, -0.05) is 60.7 Å². The van der Waals surface area contributed by atoms with Crippen molar-refractivity contribution in [3.8, 4) is 11.5 Å². The van der Waals surface area contributed by atoms with Crippen LogP contribution in [0.5, 0.6) is 11.5 Å². The van der Waals surface area contributed by atoms with Crippen molar-refractivity contribution in [3.63, 3.8) is 0 Å². The molecule has 1 fully saturated rings. The minimum absolute atomic E-state index is 0.0793. The minimum Gasteiger partial charge on any atom is -0.497 e. The van der Waals surface area contributed by atoms with Gasteiger partial charge in [-0.05, 0) is 28.8 Å². The molecule has 3 aromatic carbocycles. The molecule has 32 heavy (non-hydrogen) atoms. The van der Waals surface area contributed by atoms with E-state index in [0.29, 0.717) is 19.6 Å². The molecular formula is C27H31NO4. The molecule has 0 saturated carbocycles. The fraction of sp³-hybridized carbons (Fsp3) is 0.333. The van der Waals surface area contributed by atoms with E-state index in [2.05, 4.69) is 53.8 Å². The Hall–Kier alpha value is -2.86. The van der Waals surface area contributed by atoms with Crippen molar-refractivity contribution in [2.75, 3.05) is 20.8 Å². The van der Waals surface area contributed by atoms with Gasteiger partial charge in [0.15, 0.2) is 0 Å². The highest BCUT2D eigenvalue weighted by Gasteiger charge is 2.35. The molecule has 0 aromatic heterocycles. The van der Waals surface area contributed by atoms with E-state index in [1.54, 1.807) is 14.2 Å². The molecule has 3 aromatic rings. The summed E-state index contributed by atoms with van der Waals surface area (Å²) in [7, 11) is 3.28. The second-order valence-electron chi connectivity index (χ2n) is 8.18. The van der Waals surface area contributed by atoms with Gasteiger partial charge < -0.3 is 24.6 Å². The summed E-state index contributed by atoms with van der Waals surface area (Å²) in [6.07, 6.45) is -0.0333. The molecule has 0 radical (unpaired) electrons. The number of nitrogens with one attached hydrogen (secondary N) is 1. The van der Waals surface area contributed by atoms with Crippen LogP contribution in [-0.2, 0) is 11.3 Å². The summed E-state index contributed by atoms with van der Waals surface area (Å²) in [5.41, 5.74) is 3.43. The molecule has 5 nitrogen and oxygen atoms in total. The predicted octanol–water partition coefficient (Wildman–Crippen LogP) is 4.14. The van der Waals surface area contributed by atoms with Crippen LogP contribution in [-0.4, -0.2) is 44.2 Å². The molecule has 0 aliphatic carbocycles. The third-order valence-corrected chi connectivity index (χ3v) is 6.10. The SMILES string of the molecule is COc1cc(CNC2CO[C@H](C(c3ccccc3)c3ccccc3)C[C@H]2O)cc(OC)c1. The Labute approximate surface area is 190 Å². The largest absolute Gasteiger partial charge is 0.497 e. The molecule has 3 atom stereocenters. The number of rotatable bonds is 8. The second kappa shape index (κ2) is 10.6. The normalized spacial score (nSPS) is 20.8. The second-order valence-corrected chi connectivity index (χ2v) is 8.18. The highest BCUT2D eigenvalue weighted by molar-refractivity contribution is 5.38. The number of methoxy groups -OCH3 is 2. The average molecular weight is 434 g/mol. The van der Waals surface area contributed by atoms with Gasteiger partial charge in [0.1, 0.15) is 11.5 Å². The van der Waals surface area contributed by atoms with Crippen LogP contribution in [0.1, 0.15) is 29.0 Å². The van der Waals surface area contributed by atoms with Crippen LogP contribution in [0.25, 0.3) is 0 Å². The summed E-state index contributed by atoms with van der Waals surface area (Å²) in [6.45, 7) is 1.03. The van der Waals surface area contributed by atoms with E-state index in [9.17, 15) is 5.11 Å². The molecule has 1 unspecified atom stereocenters. The molecule has 0 bridgehead atoms. The van der Waals surface area contributed by atoms with Crippen molar-refractivity contribution >= 4 is 0 Å². The van der Waals surface area contributed by atoms with Crippen LogP contribution >= 0.6 is 0 Å². The molecule has 1 aliphatic heterocycles. The maximum atomic E-state index is 11.0. The van der Waals surface area contributed by atoms with Crippen molar-refractivity contribution in [2.45, 2.75) is 37.1 Å². The van der Waals surface area contributed by atoms with Crippen LogP contribution in [0.2, 0.25) is 0 Å². The fourth-order valence-electron chi connectivity index (χ4n) is 4.40. The average Bonchev–Trinajstić information content (AvgIpc) is 2.85. The zero-order valence-corrected chi connectivity index (χ0v) is 18.6. The fourth-order valence-corrected chi connectivity index (χ4v) is 4.40. The lowest BCUT2D eigenvalue weighted by atomic mass is 9.82. The lowest BCUT2D eigenvalue weighted by molar-refractivity contribution is -0.0718. The first-order valence-corrected chi connectivity index (χ1v) is 11.0. The summed E-state index contributed by atoms with van der Waals surface area (Å²) in [4.78, 5) is 0. The standard InChI is InChI=1S/C27H31NO4/c1-30-22-13-19(14-23(15-22)31-2)17-28-24-18-32-26(16-25(24)29)27(20-9-5-3-6-10-20)21-11-7-4-8-12-21/h3-15,24-29H,16-18H2,1-2H3/t24?,25-,26+/m1/s1. The lowest BCUT2D eigenvalue weighted by Crippen LogP contribution is -2.50. The molecule has 0 amide bonds. The molecule has 4 rings (SSSR count). The Bertz CT molecular complexity index is 918. The van der Waals surface area contributed by atoms with Crippen LogP contribution in [0.15, 0.2) is 78.9 Å². The molecule has 1 saturated heterocycles. The van der Waals surface area contributed by atoms with Crippen molar-refractivity contribution in [3.05, 3.63) is 95.6 Å². The number of hydrogen-bond donors (Lipinski definition) is 2. The quantitative estimate of drug-likeness (QED) is 0.559. The van der Waals surface area contributed by atoms with Crippen LogP contribution in [0, 0.1) is 0 Å². The smallest absolute Gasteiger partial charge is 0.122 e. The molecule has 0 spiro atoms. The highest BCUT2D eigenvalue weighted by Crippen LogP contribution is 2.34. The van der Waals surface area contributed by atoms with Gasteiger partial charge >= 0.3 is 0 Å². The van der Waals surface area contributed by atoms with E-state index in [1.807, 2.05) is 30.3 Å². The van der Waals surface area contributed by atoms with E-state index in [1.165, 1.54) is 11.1 Å². The van der Waals surface area contributed by atoms with Gasteiger partial charge in [-0.25, -0.2) is 0 Å². The van der Waals surface area contributed by atoms with E-state index in [-0.39, 0.29) is 18.1 Å². The number of benzene rings is 3. The molecule has 1 aliphatic rings. The summed E-state index contributed by atoms with van der Waals surface area (Å²) < 4.78 is 17.0. The summed E-state index contributed by atoms with van der Waals surface area (Å²) in [5, 5.41) is 14.4. The Morgan fingerprint density at radius 1 is 0.906 bits per heavy atom. The number of aliphatic hydroxyl groups is 1. The first-order valence-electron chi connectivity index (χ1n) is 11.0. The summed E-state index contributed by atoms with van der Waals surface area (Å²) in [5.74, 6) is 1.57.